The van der Waals surface area contributed by atoms with Crippen LogP contribution in [0, 0.1) is 13.8 Å². The van der Waals surface area contributed by atoms with Gasteiger partial charge in [-0.2, -0.15) is 0 Å². The van der Waals surface area contributed by atoms with E-state index in [1.807, 2.05) is 32.0 Å². The second-order valence-electron chi connectivity index (χ2n) is 6.54. The number of benzene rings is 2. The maximum Gasteiger partial charge on any atom is 0.255 e. The predicted octanol–water partition coefficient (Wildman–Crippen LogP) is 3.43. The van der Waals surface area contributed by atoms with E-state index in [4.69, 9.17) is 0 Å². The number of carbonyl (C=O) groups is 1. The van der Waals surface area contributed by atoms with Crippen molar-refractivity contribution >= 4 is 21.6 Å². The van der Waals surface area contributed by atoms with Gasteiger partial charge >= 0.3 is 0 Å². The summed E-state index contributed by atoms with van der Waals surface area (Å²) in [5, 5.41) is 2.81. The highest BCUT2D eigenvalue weighted by molar-refractivity contribution is 7.89. The summed E-state index contributed by atoms with van der Waals surface area (Å²) < 4.78 is 27.7. The van der Waals surface area contributed by atoms with Gasteiger partial charge in [0.15, 0.2) is 0 Å². The van der Waals surface area contributed by atoms with E-state index in [-0.39, 0.29) is 22.9 Å². The fourth-order valence-corrected chi connectivity index (χ4v) is 3.88. The fraction of sp³-hybridized carbons (Fsp3) is 0.143. The second-order valence-corrected chi connectivity index (χ2v) is 8.31. The van der Waals surface area contributed by atoms with Crippen molar-refractivity contribution in [3.05, 3.63) is 89.2 Å². The van der Waals surface area contributed by atoms with Crippen molar-refractivity contribution in [2.24, 2.45) is 0 Å². The average Bonchev–Trinajstić information content (AvgIpc) is 2.66. The number of carbonyl (C=O) groups excluding carboxylic acids is 1. The molecule has 0 aliphatic heterocycles. The van der Waals surface area contributed by atoms with Crippen LogP contribution in [-0.4, -0.2) is 19.3 Å². The van der Waals surface area contributed by atoms with Crippen LogP contribution < -0.4 is 10.0 Å². The largest absolute Gasteiger partial charge is 0.322 e. The van der Waals surface area contributed by atoms with Gasteiger partial charge in [-0.3, -0.25) is 9.78 Å². The summed E-state index contributed by atoms with van der Waals surface area (Å²) in [4.78, 5) is 16.6. The van der Waals surface area contributed by atoms with Gasteiger partial charge in [0.1, 0.15) is 0 Å². The van der Waals surface area contributed by atoms with Crippen molar-refractivity contribution in [3.8, 4) is 0 Å². The molecule has 0 aliphatic carbocycles. The molecule has 0 saturated carbocycles. The number of aryl methyl sites for hydroxylation is 2. The van der Waals surface area contributed by atoms with E-state index in [9.17, 15) is 13.2 Å². The van der Waals surface area contributed by atoms with E-state index >= 15 is 0 Å². The molecule has 0 bridgehead atoms. The Bertz CT molecular complexity index is 1080. The molecule has 2 N–H and O–H groups in total. The Morgan fingerprint density at radius 1 is 1.00 bits per heavy atom. The third kappa shape index (κ3) is 5.03. The lowest BCUT2D eigenvalue weighted by Crippen LogP contribution is -2.23. The van der Waals surface area contributed by atoms with Crippen LogP contribution in [0.5, 0.6) is 0 Å². The van der Waals surface area contributed by atoms with Crippen LogP contribution in [0.25, 0.3) is 0 Å². The number of sulfonamides is 1. The Morgan fingerprint density at radius 3 is 2.43 bits per heavy atom. The molecule has 3 rings (SSSR count). The summed E-state index contributed by atoms with van der Waals surface area (Å²) in [6, 6.07) is 15.2. The lowest BCUT2D eigenvalue weighted by molar-refractivity contribution is 0.102. The smallest absolute Gasteiger partial charge is 0.255 e. The monoisotopic (exact) mass is 395 g/mol. The van der Waals surface area contributed by atoms with E-state index in [2.05, 4.69) is 15.0 Å². The molecule has 6 nitrogen and oxygen atoms in total. The van der Waals surface area contributed by atoms with Gasteiger partial charge in [-0.1, -0.05) is 18.2 Å². The number of aromatic nitrogens is 1. The van der Waals surface area contributed by atoms with Crippen molar-refractivity contribution in [2.75, 3.05) is 5.32 Å². The van der Waals surface area contributed by atoms with Gasteiger partial charge in [0.25, 0.3) is 5.91 Å². The van der Waals surface area contributed by atoms with E-state index in [1.54, 1.807) is 36.7 Å². The Hall–Kier alpha value is -3.03. The molecular weight excluding hydrogens is 374 g/mol. The first kappa shape index (κ1) is 19.7. The van der Waals surface area contributed by atoms with E-state index in [0.29, 0.717) is 5.69 Å². The molecular formula is C21H21N3O3S. The van der Waals surface area contributed by atoms with Crippen molar-refractivity contribution < 1.29 is 13.2 Å². The van der Waals surface area contributed by atoms with E-state index in [0.717, 1.165) is 16.7 Å². The first-order chi connectivity index (χ1) is 13.3. The van der Waals surface area contributed by atoms with Crippen LogP contribution in [0.15, 0.2) is 71.9 Å². The molecule has 0 spiro atoms. The topological polar surface area (TPSA) is 88.2 Å². The summed E-state index contributed by atoms with van der Waals surface area (Å²) >= 11 is 0. The Labute approximate surface area is 164 Å². The molecule has 3 aromatic rings. The zero-order valence-corrected chi connectivity index (χ0v) is 16.5. The minimum absolute atomic E-state index is 0.0319. The maximum atomic E-state index is 12.6. The van der Waals surface area contributed by atoms with Crippen LogP contribution in [0.4, 0.5) is 5.69 Å². The lowest BCUT2D eigenvalue weighted by atomic mass is 10.1. The normalized spacial score (nSPS) is 11.2. The fourth-order valence-electron chi connectivity index (χ4n) is 2.82. The highest BCUT2D eigenvalue weighted by atomic mass is 32.2. The number of pyridine rings is 1. The SMILES string of the molecule is Cc1cc(C)cc(NC(=O)c2cccc(S(=O)(=O)NCc3cccnc3)c2)c1. The molecule has 1 amide bonds. The van der Waals surface area contributed by atoms with Gasteiger partial charge in [-0.15, -0.1) is 0 Å². The highest BCUT2D eigenvalue weighted by Gasteiger charge is 2.16. The minimum Gasteiger partial charge on any atom is -0.322 e. The third-order valence-corrected chi connectivity index (χ3v) is 5.47. The number of hydrogen-bond donors (Lipinski definition) is 2. The first-order valence-electron chi connectivity index (χ1n) is 8.72. The molecule has 0 atom stereocenters. The van der Waals surface area contributed by atoms with Gasteiger partial charge in [-0.05, 0) is 66.9 Å². The maximum absolute atomic E-state index is 12.6. The van der Waals surface area contributed by atoms with Crippen molar-refractivity contribution in [3.63, 3.8) is 0 Å². The number of amides is 1. The second kappa shape index (κ2) is 8.33. The number of rotatable bonds is 6. The van der Waals surface area contributed by atoms with Crippen molar-refractivity contribution in [1.29, 1.82) is 0 Å². The average molecular weight is 395 g/mol. The minimum atomic E-state index is -3.76. The Kier molecular flexibility index (Phi) is 5.87. The molecule has 0 aliphatic rings. The highest BCUT2D eigenvalue weighted by Crippen LogP contribution is 2.17. The van der Waals surface area contributed by atoms with E-state index < -0.39 is 10.0 Å². The summed E-state index contributed by atoms with van der Waals surface area (Å²) in [6.45, 7) is 4.02. The van der Waals surface area contributed by atoms with Crippen molar-refractivity contribution in [1.82, 2.24) is 9.71 Å². The molecule has 1 heterocycles. The first-order valence-corrected chi connectivity index (χ1v) is 10.2. The number of nitrogens with zero attached hydrogens (tertiary/aromatic N) is 1. The van der Waals surface area contributed by atoms with Crippen LogP contribution in [-0.2, 0) is 16.6 Å². The zero-order valence-electron chi connectivity index (χ0n) is 15.6. The Morgan fingerprint density at radius 2 is 1.75 bits per heavy atom. The summed E-state index contributed by atoms with van der Waals surface area (Å²) in [6.07, 6.45) is 3.21. The zero-order chi connectivity index (χ0) is 20.1. The van der Waals surface area contributed by atoms with Gasteiger partial charge in [0.05, 0.1) is 4.90 Å². The molecule has 1 aromatic heterocycles. The van der Waals surface area contributed by atoms with E-state index in [1.165, 1.54) is 12.1 Å². The molecule has 0 fully saturated rings. The summed E-state index contributed by atoms with van der Waals surface area (Å²) in [5.41, 5.74) is 3.75. The third-order valence-electron chi connectivity index (χ3n) is 4.08. The number of hydrogen-bond acceptors (Lipinski definition) is 4. The summed E-state index contributed by atoms with van der Waals surface area (Å²) in [7, 11) is -3.76. The molecule has 0 radical (unpaired) electrons. The van der Waals surface area contributed by atoms with Gasteiger partial charge in [-0.25, -0.2) is 13.1 Å². The van der Waals surface area contributed by atoms with Crippen LogP contribution in [0.3, 0.4) is 0 Å². The standard InChI is InChI=1S/C21H21N3O3S/c1-15-9-16(2)11-19(10-15)24-21(25)18-6-3-7-20(12-18)28(26,27)23-14-17-5-4-8-22-13-17/h3-13,23H,14H2,1-2H3,(H,24,25). The van der Waals surface area contributed by atoms with Crippen LogP contribution in [0.2, 0.25) is 0 Å². The van der Waals surface area contributed by atoms with Crippen LogP contribution >= 0.6 is 0 Å². The Balaban J connectivity index is 1.76. The summed E-state index contributed by atoms with van der Waals surface area (Å²) in [5.74, 6) is -0.366. The van der Waals surface area contributed by atoms with Gasteiger partial charge in [0.2, 0.25) is 10.0 Å². The van der Waals surface area contributed by atoms with Crippen molar-refractivity contribution in [2.45, 2.75) is 25.3 Å². The lowest BCUT2D eigenvalue weighted by Gasteiger charge is -2.10. The molecule has 2 aromatic carbocycles. The number of anilines is 1. The molecule has 7 heteroatoms. The predicted molar refractivity (Wildman–Crippen MR) is 109 cm³/mol. The number of nitrogens with one attached hydrogen (secondary N) is 2. The van der Waals surface area contributed by atoms with Crippen LogP contribution in [0.1, 0.15) is 27.0 Å². The molecule has 28 heavy (non-hydrogen) atoms. The van der Waals surface area contributed by atoms with Gasteiger partial charge in [0, 0.05) is 30.2 Å². The molecule has 144 valence electrons. The quantitative estimate of drug-likeness (QED) is 0.669. The van der Waals surface area contributed by atoms with Gasteiger partial charge < -0.3 is 5.32 Å². The molecule has 0 unspecified atom stereocenters. The molecule has 0 saturated heterocycles.